The highest BCUT2D eigenvalue weighted by Gasteiger charge is 2.29. The third-order valence-corrected chi connectivity index (χ3v) is 5.93. The third kappa shape index (κ3) is 4.36. The lowest BCUT2D eigenvalue weighted by atomic mass is 10.1. The molecule has 1 aliphatic rings. The second kappa shape index (κ2) is 7.92. The zero-order valence-electron chi connectivity index (χ0n) is 15.5. The summed E-state index contributed by atoms with van der Waals surface area (Å²) < 4.78 is 26.5. The van der Waals surface area contributed by atoms with Crippen molar-refractivity contribution >= 4 is 21.8 Å². The van der Waals surface area contributed by atoms with Gasteiger partial charge in [0.25, 0.3) is 10.0 Å². The molecule has 0 radical (unpaired) electrons. The average Bonchev–Trinajstić information content (AvgIpc) is 2.93. The van der Waals surface area contributed by atoms with Crippen LogP contribution in [0.1, 0.15) is 30.0 Å². The van der Waals surface area contributed by atoms with Crippen molar-refractivity contribution < 1.29 is 13.2 Å². The number of aliphatic imine (C=N–C) groups is 1. The van der Waals surface area contributed by atoms with E-state index in [0.29, 0.717) is 17.9 Å². The number of hydrogen-bond donors (Lipinski definition) is 1. The summed E-state index contributed by atoms with van der Waals surface area (Å²) in [6.45, 7) is 2.87. The van der Waals surface area contributed by atoms with E-state index in [0.717, 1.165) is 12.0 Å². The molecule has 0 bridgehead atoms. The summed E-state index contributed by atoms with van der Waals surface area (Å²) in [6.07, 6.45) is 1.21. The topological polar surface area (TPSA) is 78.8 Å². The van der Waals surface area contributed by atoms with Crippen molar-refractivity contribution in [2.75, 3.05) is 13.6 Å². The van der Waals surface area contributed by atoms with Gasteiger partial charge in [-0.05, 0) is 29.7 Å². The lowest BCUT2D eigenvalue weighted by molar-refractivity contribution is -0.130. The fourth-order valence-electron chi connectivity index (χ4n) is 2.95. The Bertz CT molecular complexity index is 966. The molecule has 0 atom stereocenters. The van der Waals surface area contributed by atoms with Gasteiger partial charge in [0.2, 0.25) is 5.91 Å². The molecular weight excluding hydrogens is 362 g/mol. The number of benzene rings is 2. The number of aryl methyl sites for hydroxylation is 1. The Kier molecular flexibility index (Phi) is 5.60. The van der Waals surface area contributed by atoms with Crippen molar-refractivity contribution in [3.63, 3.8) is 0 Å². The lowest BCUT2D eigenvalue weighted by Crippen LogP contribution is -2.27. The van der Waals surface area contributed by atoms with Crippen LogP contribution in [-0.2, 0) is 27.8 Å². The molecule has 1 N–H and O–H groups in total. The van der Waals surface area contributed by atoms with E-state index >= 15 is 0 Å². The maximum absolute atomic E-state index is 12.3. The molecule has 0 saturated heterocycles. The predicted molar refractivity (Wildman–Crippen MR) is 105 cm³/mol. The number of sulfonamides is 1. The maximum Gasteiger partial charge on any atom is 0.263 e. The van der Waals surface area contributed by atoms with Crippen LogP contribution in [0.5, 0.6) is 0 Å². The first-order valence-electron chi connectivity index (χ1n) is 8.89. The predicted octanol–water partition coefficient (Wildman–Crippen LogP) is 2.34. The molecule has 0 aromatic heterocycles. The number of fused-ring (bicyclic) bond motifs is 1. The molecule has 7 heteroatoms. The molecule has 1 aliphatic heterocycles. The first-order chi connectivity index (χ1) is 12.9. The van der Waals surface area contributed by atoms with E-state index < -0.39 is 10.0 Å². The smallest absolute Gasteiger partial charge is 0.263 e. The van der Waals surface area contributed by atoms with Gasteiger partial charge >= 0.3 is 0 Å². The van der Waals surface area contributed by atoms with Crippen molar-refractivity contribution in [2.24, 2.45) is 4.99 Å². The third-order valence-electron chi connectivity index (χ3n) is 4.54. The second-order valence-corrected chi connectivity index (χ2v) is 8.15. The van der Waals surface area contributed by atoms with Crippen molar-refractivity contribution in [3.05, 3.63) is 65.2 Å². The van der Waals surface area contributed by atoms with Crippen LogP contribution in [0, 0.1) is 0 Å². The van der Waals surface area contributed by atoms with Gasteiger partial charge in [-0.3, -0.25) is 14.5 Å². The summed E-state index contributed by atoms with van der Waals surface area (Å²) in [5.74, 6) is 0.268. The van der Waals surface area contributed by atoms with Gasteiger partial charge in [-0.1, -0.05) is 43.3 Å². The number of amidine groups is 1. The summed E-state index contributed by atoms with van der Waals surface area (Å²) in [6, 6.07) is 14.9. The normalized spacial score (nSPS) is 16.0. The molecule has 3 rings (SSSR count). The van der Waals surface area contributed by atoms with Crippen LogP contribution in [0.2, 0.25) is 0 Å². The van der Waals surface area contributed by atoms with Crippen LogP contribution >= 0.6 is 0 Å². The summed E-state index contributed by atoms with van der Waals surface area (Å²) in [5.41, 5.74) is 2.89. The largest absolute Gasteiger partial charge is 0.341 e. The molecule has 0 aliphatic carbocycles. The second-order valence-electron chi connectivity index (χ2n) is 6.50. The Hall–Kier alpha value is -2.67. The zero-order chi connectivity index (χ0) is 19.4. The summed E-state index contributed by atoms with van der Waals surface area (Å²) >= 11 is 0. The highest BCUT2D eigenvalue weighted by atomic mass is 32.2. The Labute approximate surface area is 160 Å². The van der Waals surface area contributed by atoms with Gasteiger partial charge in [-0.2, -0.15) is 0 Å². The monoisotopic (exact) mass is 385 g/mol. The Morgan fingerprint density at radius 2 is 1.74 bits per heavy atom. The Balaban J connectivity index is 1.58. The van der Waals surface area contributed by atoms with Crippen LogP contribution in [0.4, 0.5) is 0 Å². The number of carbonyl (C=O) groups is 1. The number of amides is 1. The van der Waals surface area contributed by atoms with Crippen LogP contribution in [0.15, 0.2) is 58.4 Å². The lowest BCUT2D eigenvalue weighted by Gasteiger charge is -2.17. The van der Waals surface area contributed by atoms with Crippen molar-refractivity contribution in [1.29, 1.82) is 0 Å². The quantitative estimate of drug-likeness (QED) is 0.829. The Morgan fingerprint density at radius 3 is 2.44 bits per heavy atom. The highest BCUT2D eigenvalue weighted by Crippen LogP contribution is 2.22. The van der Waals surface area contributed by atoms with Crippen LogP contribution in [0.3, 0.4) is 0 Å². The van der Waals surface area contributed by atoms with E-state index in [1.807, 2.05) is 12.1 Å². The van der Waals surface area contributed by atoms with Gasteiger partial charge in [0.05, 0.1) is 11.4 Å². The van der Waals surface area contributed by atoms with Gasteiger partial charge in [-0.25, -0.2) is 8.42 Å². The first-order valence-corrected chi connectivity index (χ1v) is 10.4. The van der Waals surface area contributed by atoms with Gasteiger partial charge in [0.15, 0.2) is 0 Å². The molecule has 0 saturated carbocycles. The van der Waals surface area contributed by atoms with Crippen molar-refractivity contribution in [2.45, 2.75) is 31.2 Å². The fourth-order valence-corrected chi connectivity index (χ4v) is 4.20. The molecule has 27 heavy (non-hydrogen) atoms. The maximum atomic E-state index is 12.3. The molecule has 0 fully saturated rings. The summed E-state index contributed by atoms with van der Waals surface area (Å²) in [4.78, 5) is 18.5. The zero-order valence-corrected chi connectivity index (χ0v) is 16.3. The molecule has 1 amide bonds. The standard InChI is InChI=1S/C20H23N3O3S/c1-3-15-8-10-16(11-9-15)14-23(2)19(24)12-13-21-20-17-6-4-5-7-18(17)27(25,26)22-20/h4-11H,3,12-14H2,1-2H3,(H,21,22). The molecule has 1 heterocycles. The number of hydrogen-bond acceptors (Lipinski definition) is 4. The minimum Gasteiger partial charge on any atom is -0.341 e. The first kappa shape index (κ1) is 19.1. The molecule has 0 unspecified atom stereocenters. The highest BCUT2D eigenvalue weighted by molar-refractivity contribution is 7.90. The van der Waals surface area contributed by atoms with Crippen molar-refractivity contribution in [1.82, 2.24) is 9.62 Å². The van der Waals surface area contributed by atoms with E-state index in [9.17, 15) is 13.2 Å². The van der Waals surface area contributed by atoms with E-state index in [4.69, 9.17) is 0 Å². The number of carbonyl (C=O) groups excluding carboxylic acids is 1. The molecular formula is C20H23N3O3S. The van der Waals surface area contributed by atoms with Gasteiger partial charge in [0, 0.05) is 25.6 Å². The number of nitrogens with zero attached hydrogens (tertiary/aromatic N) is 2. The minimum absolute atomic E-state index is 0.0342. The van der Waals surface area contributed by atoms with Crippen LogP contribution in [-0.4, -0.2) is 38.7 Å². The van der Waals surface area contributed by atoms with Gasteiger partial charge in [0.1, 0.15) is 5.84 Å². The molecule has 2 aromatic carbocycles. The Morgan fingerprint density at radius 1 is 1.07 bits per heavy atom. The van der Waals surface area contributed by atoms with Crippen molar-refractivity contribution in [3.8, 4) is 0 Å². The number of rotatable bonds is 6. The summed E-state index contributed by atoms with van der Waals surface area (Å²) in [5, 5.41) is 0. The van der Waals surface area contributed by atoms with E-state index in [1.165, 1.54) is 5.56 Å². The molecule has 0 spiro atoms. The molecule has 2 aromatic rings. The van der Waals surface area contributed by atoms with E-state index in [2.05, 4.69) is 28.8 Å². The SMILES string of the molecule is CCc1ccc(CN(C)C(=O)CCN=C2NS(=O)(=O)c3ccccc32)cc1. The van der Waals surface area contributed by atoms with Crippen LogP contribution in [0.25, 0.3) is 0 Å². The molecule has 142 valence electrons. The minimum atomic E-state index is -3.54. The number of nitrogens with one attached hydrogen (secondary N) is 1. The van der Waals surface area contributed by atoms with Crippen LogP contribution < -0.4 is 4.72 Å². The van der Waals surface area contributed by atoms with E-state index in [1.54, 1.807) is 36.2 Å². The van der Waals surface area contributed by atoms with E-state index in [-0.39, 0.29) is 23.8 Å². The summed E-state index contributed by atoms with van der Waals surface area (Å²) in [7, 11) is -1.78. The van der Waals surface area contributed by atoms with Gasteiger partial charge < -0.3 is 4.90 Å². The average molecular weight is 385 g/mol. The van der Waals surface area contributed by atoms with Gasteiger partial charge in [-0.15, -0.1) is 0 Å². The fraction of sp³-hybridized carbons (Fsp3) is 0.300. The molecule has 6 nitrogen and oxygen atoms in total.